The molecule has 3 aromatic rings. The van der Waals surface area contributed by atoms with E-state index in [-0.39, 0.29) is 13.2 Å². The van der Waals surface area contributed by atoms with Crippen LogP contribution in [0.1, 0.15) is 37.6 Å². The molecule has 0 fully saturated rings. The molecule has 0 aliphatic rings. The van der Waals surface area contributed by atoms with Crippen LogP contribution < -0.4 is 15.0 Å². The molecule has 0 saturated heterocycles. The van der Waals surface area contributed by atoms with Gasteiger partial charge in [0.1, 0.15) is 30.9 Å². The summed E-state index contributed by atoms with van der Waals surface area (Å²) in [7, 11) is 0. The molecule has 0 saturated carbocycles. The maximum atomic E-state index is 11.2. The fourth-order valence-electron chi connectivity index (χ4n) is 3.91. The molecule has 10 heteroatoms. The molecule has 0 aliphatic heterocycles. The summed E-state index contributed by atoms with van der Waals surface area (Å²) in [5.41, 5.74) is 4.30. The van der Waals surface area contributed by atoms with Gasteiger partial charge in [-0.1, -0.05) is 12.1 Å². The van der Waals surface area contributed by atoms with E-state index < -0.39 is 18.6 Å². The number of pyridine rings is 1. The molecule has 0 bridgehead atoms. The lowest BCUT2D eigenvalue weighted by molar-refractivity contribution is -0.124. The maximum Gasteiger partial charge on any atom is 0.258 e. The number of anilines is 1. The van der Waals surface area contributed by atoms with Crippen LogP contribution in [0.3, 0.4) is 0 Å². The molecular formula is C26H35N5O5. The van der Waals surface area contributed by atoms with Gasteiger partial charge in [0.15, 0.2) is 0 Å². The summed E-state index contributed by atoms with van der Waals surface area (Å²) in [6, 6.07) is 7.77. The first-order valence-electron chi connectivity index (χ1n) is 12.2. The number of rotatable bonds is 12. The van der Waals surface area contributed by atoms with Gasteiger partial charge < -0.3 is 29.7 Å². The topological polar surface area (TPSA) is 134 Å². The van der Waals surface area contributed by atoms with Crippen molar-refractivity contribution in [1.82, 2.24) is 20.4 Å². The van der Waals surface area contributed by atoms with Crippen LogP contribution in [-0.4, -0.2) is 70.2 Å². The molecule has 0 radical (unpaired) electrons. The molecule has 0 aliphatic carbocycles. The number of aromatic nitrogens is 3. The standard InChI is InChI=1S/C26H35N5O5/c1-6-18-11-19(9-16(4)24(18)35-15-21(33)13-27-23(34)14-32)25-29-26(36-30-25)20-10-17(5)28-22(12-20)31(7-2)8-3/h9-12,21,32-33H,6-8,13-15H2,1-5H3,(H,27,34)/t21-/m1/s1. The summed E-state index contributed by atoms with van der Waals surface area (Å²) in [5, 5.41) is 25.5. The third-order valence-electron chi connectivity index (χ3n) is 5.79. The second-order valence-electron chi connectivity index (χ2n) is 8.51. The predicted octanol–water partition coefficient (Wildman–Crippen LogP) is 2.67. The van der Waals surface area contributed by atoms with Gasteiger partial charge >= 0.3 is 0 Å². The summed E-state index contributed by atoms with van der Waals surface area (Å²) in [5.74, 6) is 1.90. The smallest absolute Gasteiger partial charge is 0.258 e. The van der Waals surface area contributed by atoms with E-state index in [9.17, 15) is 9.90 Å². The van der Waals surface area contributed by atoms with Crippen LogP contribution in [0.15, 0.2) is 28.8 Å². The minimum atomic E-state index is -0.908. The number of amides is 1. The molecule has 1 atom stereocenters. The Balaban J connectivity index is 1.81. The highest BCUT2D eigenvalue weighted by Gasteiger charge is 2.17. The largest absolute Gasteiger partial charge is 0.490 e. The Kier molecular flexibility index (Phi) is 9.38. The van der Waals surface area contributed by atoms with Crippen molar-refractivity contribution in [2.45, 2.75) is 47.1 Å². The molecule has 3 N–H and O–H groups in total. The highest BCUT2D eigenvalue weighted by Crippen LogP contribution is 2.32. The first kappa shape index (κ1) is 27.1. The van der Waals surface area contributed by atoms with Crippen molar-refractivity contribution < 1.29 is 24.3 Å². The maximum absolute atomic E-state index is 11.2. The van der Waals surface area contributed by atoms with Crippen LogP contribution in [0.4, 0.5) is 5.82 Å². The lowest BCUT2D eigenvalue weighted by atomic mass is 10.0. The number of hydrogen-bond donors (Lipinski definition) is 3. The third-order valence-corrected chi connectivity index (χ3v) is 5.79. The number of carbonyl (C=O) groups excluding carboxylic acids is 1. The van der Waals surface area contributed by atoms with Gasteiger partial charge in [-0.25, -0.2) is 4.98 Å². The van der Waals surface area contributed by atoms with Gasteiger partial charge in [0.05, 0.1) is 0 Å². The zero-order valence-corrected chi connectivity index (χ0v) is 21.5. The van der Waals surface area contributed by atoms with E-state index in [0.717, 1.165) is 46.9 Å². The lowest BCUT2D eigenvalue weighted by Gasteiger charge is -2.20. The quantitative estimate of drug-likeness (QED) is 0.345. The molecule has 3 rings (SSSR count). The van der Waals surface area contributed by atoms with Gasteiger partial charge in [0, 0.05) is 36.5 Å². The van der Waals surface area contributed by atoms with E-state index >= 15 is 0 Å². The fraction of sp³-hybridized carbons (Fsp3) is 0.462. The molecule has 0 spiro atoms. The van der Waals surface area contributed by atoms with E-state index in [2.05, 4.69) is 39.2 Å². The van der Waals surface area contributed by atoms with E-state index in [1.54, 1.807) is 0 Å². The Morgan fingerprint density at radius 3 is 2.53 bits per heavy atom. The van der Waals surface area contributed by atoms with Crippen LogP contribution >= 0.6 is 0 Å². The molecule has 2 heterocycles. The molecule has 10 nitrogen and oxygen atoms in total. The Labute approximate surface area is 211 Å². The summed E-state index contributed by atoms with van der Waals surface area (Å²) >= 11 is 0. The SMILES string of the molecule is CCc1cc(-c2noc(-c3cc(C)nc(N(CC)CC)c3)n2)cc(C)c1OC[C@H](O)CNC(=O)CO. The van der Waals surface area contributed by atoms with Crippen LogP contribution in [0, 0.1) is 13.8 Å². The second-order valence-corrected chi connectivity index (χ2v) is 8.51. The van der Waals surface area contributed by atoms with Crippen molar-refractivity contribution >= 4 is 11.7 Å². The zero-order valence-electron chi connectivity index (χ0n) is 21.5. The number of nitrogens with zero attached hydrogens (tertiary/aromatic N) is 4. The van der Waals surface area contributed by atoms with E-state index in [0.29, 0.717) is 23.9 Å². The average Bonchev–Trinajstić information content (AvgIpc) is 3.37. The number of hydrogen-bond acceptors (Lipinski definition) is 9. The van der Waals surface area contributed by atoms with E-state index in [1.165, 1.54) is 0 Å². The minimum absolute atomic E-state index is 0.00151. The van der Waals surface area contributed by atoms with Crippen LogP contribution in [0.5, 0.6) is 5.75 Å². The van der Waals surface area contributed by atoms with Gasteiger partial charge in [-0.2, -0.15) is 4.98 Å². The Bertz CT molecular complexity index is 1180. The highest BCUT2D eigenvalue weighted by atomic mass is 16.5. The average molecular weight is 498 g/mol. The highest BCUT2D eigenvalue weighted by molar-refractivity contribution is 5.76. The van der Waals surface area contributed by atoms with Gasteiger partial charge in [-0.3, -0.25) is 4.79 Å². The van der Waals surface area contributed by atoms with E-state index in [1.807, 2.05) is 45.0 Å². The molecule has 1 aromatic carbocycles. The van der Waals surface area contributed by atoms with E-state index in [4.69, 9.17) is 14.4 Å². The second kappa shape index (κ2) is 12.5. The van der Waals surface area contributed by atoms with Crippen molar-refractivity contribution in [1.29, 1.82) is 0 Å². The molecular weight excluding hydrogens is 462 g/mol. The van der Waals surface area contributed by atoms with Crippen molar-refractivity contribution in [3.05, 3.63) is 41.1 Å². The van der Waals surface area contributed by atoms with Crippen molar-refractivity contribution in [3.63, 3.8) is 0 Å². The zero-order chi connectivity index (χ0) is 26.2. The molecule has 194 valence electrons. The number of ether oxygens (including phenoxy) is 1. The minimum Gasteiger partial charge on any atom is -0.490 e. The number of aliphatic hydroxyl groups is 2. The number of aliphatic hydroxyl groups excluding tert-OH is 2. The Hall–Kier alpha value is -3.50. The Morgan fingerprint density at radius 2 is 1.86 bits per heavy atom. The van der Waals surface area contributed by atoms with Crippen molar-refractivity contribution in [3.8, 4) is 28.6 Å². The van der Waals surface area contributed by atoms with Crippen LogP contribution in [0.25, 0.3) is 22.8 Å². The number of benzene rings is 1. The van der Waals surface area contributed by atoms with Crippen LogP contribution in [0.2, 0.25) is 0 Å². The number of carbonyl (C=O) groups is 1. The van der Waals surface area contributed by atoms with Crippen LogP contribution in [-0.2, 0) is 11.2 Å². The summed E-state index contributed by atoms with van der Waals surface area (Å²) in [6.45, 7) is 11.1. The van der Waals surface area contributed by atoms with Gasteiger partial charge in [-0.05, 0) is 69.5 Å². The van der Waals surface area contributed by atoms with Crippen molar-refractivity contribution in [2.24, 2.45) is 0 Å². The summed E-state index contributed by atoms with van der Waals surface area (Å²) in [4.78, 5) is 22.6. The predicted molar refractivity (Wildman–Crippen MR) is 137 cm³/mol. The number of nitrogens with one attached hydrogen (secondary N) is 1. The van der Waals surface area contributed by atoms with Gasteiger partial charge in [0.25, 0.3) is 5.89 Å². The van der Waals surface area contributed by atoms with Crippen molar-refractivity contribution in [2.75, 3.05) is 37.7 Å². The first-order chi connectivity index (χ1) is 17.3. The summed E-state index contributed by atoms with van der Waals surface area (Å²) < 4.78 is 11.5. The third kappa shape index (κ3) is 6.58. The molecule has 1 amide bonds. The molecule has 2 aromatic heterocycles. The fourth-order valence-corrected chi connectivity index (χ4v) is 3.91. The van der Waals surface area contributed by atoms with Gasteiger partial charge in [0.2, 0.25) is 11.7 Å². The summed E-state index contributed by atoms with van der Waals surface area (Å²) in [6.07, 6.45) is -0.211. The molecule has 36 heavy (non-hydrogen) atoms. The molecule has 0 unspecified atom stereocenters. The lowest BCUT2D eigenvalue weighted by Crippen LogP contribution is -2.36. The Morgan fingerprint density at radius 1 is 1.11 bits per heavy atom. The normalized spacial score (nSPS) is 11.9. The first-order valence-corrected chi connectivity index (χ1v) is 12.2. The number of aryl methyl sites for hydroxylation is 3. The monoisotopic (exact) mass is 497 g/mol. The van der Waals surface area contributed by atoms with Gasteiger partial charge in [-0.15, -0.1) is 0 Å².